The van der Waals surface area contributed by atoms with Gasteiger partial charge in [-0.15, -0.1) is 0 Å². The van der Waals surface area contributed by atoms with Gasteiger partial charge in [0.1, 0.15) is 0 Å². The van der Waals surface area contributed by atoms with Crippen LogP contribution in [-0.2, 0) is 16.1 Å². The number of benzene rings is 1. The van der Waals surface area contributed by atoms with E-state index in [0.717, 1.165) is 31.6 Å². The van der Waals surface area contributed by atoms with Crippen molar-refractivity contribution in [3.05, 3.63) is 35.1 Å². The van der Waals surface area contributed by atoms with Gasteiger partial charge in [-0.3, -0.25) is 9.69 Å². The van der Waals surface area contributed by atoms with E-state index in [-0.39, 0.29) is 24.1 Å². The SMILES string of the molecule is C[C@@H](C(=O)NC[C@@H]1CCCO1)N(C)Cc1cc(F)c(F)c(F)c1. The molecule has 0 saturated carbocycles. The predicted molar refractivity (Wildman–Crippen MR) is 79.2 cm³/mol. The van der Waals surface area contributed by atoms with Crippen LogP contribution in [0.2, 0.25) is 0 Å². The Hall–Kier alpha value is -1.60. The fourth-order valence-electron chi connectivity index (χ4n) is 2.49. The molecule has 7 heteroatoms. The van der Waals surface area contributed by atoms with Gasteiger partial charge in [-0.05, 0) is 44.5 Å². The molecule has 2 rings (SSSR count). The van der Waals surface area contributed by atoms with E-state index in [1.807, 2.05) is 0 Å². The highest BCUT2D eigenvalue weighted by molar-refractivity contribution is 5.81. The number of rotatable bonds is 6. The second-order valence-corrected chi connectivity index (χ2v) is 5.84. The number of hydrogen-bond donors (Lipinski definition) is 1. The Balaban J connectivity index is 1.88. The molecular formula is C16H21F3N2O2. The molecule has 0 aromatic heterocycles. The number of carbonyl (C=O) groups excluding carboxylic acids is 1. The number of amides is 1. The molecule has 0 spiro atoms. The molecule has 1 amide bonds. The molecule has 1 heterocycles. The molecule has 1 fully saturated rings. The molecule has 1 N–H and O–H groups in total. The number of carbonyl (C=O) groups is 1. The van der Waals surface area contributed by atoms with Gasteiger partial charge in [-0.1, -0.05) is 0 Å². The first-order valence-corrected chi connectivity index (χ1v) is 7.61. The highest BCUT2D eigenvalue weighted by atomic mass is 19.2. The Morgan fingerprint density at radius 2 is 2.04 bits per heavy atom. The van der Waals surface area contributed by atoms with Gasteiger partial charge in [0.05, 0.1) is 12.1 Å². The molecule has 2 atom stereocenters. The van der Waals surface area contributed by atoms with Crippen molar-refractivity contribution in [1.29, 1.82) is 0 Å². The first-order valence-electron chi connectivity index (χ1n) is 7.61. The molecule has 0 unspecified atom stereocenters. The average Bonchev–Trinajstić information content (AvgIpc) is 3.02. The highest BCUT2D eigenvalue weighted by Crippen LogP contribution is 2.16. The van der Waals surface area contributed by atoms with E-state index in [4.69, 9.17) is 4.74 Å². The van der Waals surface area contributed by atoms with Crippen LogP contribution in [0.4, 0.5) is 13.2 Å². The molecule has 1 aromatic rings. The number of hydrogen-bond acceptors (Lipinski definition) is 3. The molecule has 0 bridgehead atoms. The monoisotopic (exact) mass is 330 g/mol. The second-order valence-electron chi connectivity index (χ2n) is 5.84. The molecule has 4 nitrogen and oxygen atoms in total. The first-order chi connectivity index (χ1) is 10.9. The van der Waals surface area contributed by atoms with Crippen LogP contribution in [0.5, 0.6) is 0 Å². The molecule has 23 heavy (non-hydrogen) atoms. The summed E-state index contributed by atoms with van der Waals surface area (Å²) in [6, 6.07) is 1.38. The third kappa shape index (κ3) is 4.68. The smallest absolute Gasteiger partial charge is 0.237 e. The summed E-state index contributed by atoms with van der Waals surface area (Å²) in [4.78, 5) is 13.7. The number of likely N-dealkylation sites (N-methyl/N-ethyl adjacent to an activating group) is 1. The van der Waals surface area contributed by atoms with Crippen molar-refractivity contribution in [2.45, 2.75) is 38.5 Å². The molecule has 1 aliphatic rings. The van der Waals surface area contributed by atoms with Crippen molar-refractivity contribution in [1.82, 2.24) is 10.2 Å². The topological polar surface area (TPSA) is 41.6 Å². The van der Waals surface area contributed by atoms with Crippen LogP contribution in [0.15, 0.2) is 12.1 Å². The van der Waals surface area contributed by atoms with Gasteiger partial charge in [0.25, 0.3) is 0 Å². The summed E-state index contributed by atoms with van der Waals surface area (Å²) in [6.07, 6.45) is 1.98. The number of ether oxygens (including phenoxy) is 1. The number of nitrogens with zero attached hydrogens (tertiary/aromatic N) is 1. The zero-order valence-corrected chi connectivity index (χ0v) is 13.2. The summed E-state index contributed by atoms with van der Waals surface area (Å²) in [5, 5.41) is 2.81. The normalized spacial score (nSPS) is 19.1. The summed E-state index contributed by atoms with van der Waals surface area (Å²) in [6.45, 7) is 3.00. The first kappa shape index (κ1) is 17.7. The van der Waals surface area contributed by atoms with E-state index in [1.165, 1.54) is 0 Å². The lowest BCUT2D eigenvalue weighted by Crippen LogP contribution is -2.45. The minimum Gasteiger partial charge on any atom is -0.376 e. The van der Waals surface area contributed by atoms with Crippen molar-refractivity contribution in [2.24, 2.45) is 0 Å². The van der Waals surface area contributed by atoms with Crippen LogP contribution in [0.1, 0.15) is 25.3 Å². The molecule has 1 aromatic carbocycles. The minimum absolute atomic E-state index is 0.0525. The van der Waals surface area contributed by atoms with E-state index < -0.39 is 23.5 Å². The predicted octanol–water partition coefficient (Wildman–Crippen LogP) is 2.22. The summed E-state index contributed by atoms with van der Waals surface area (Å²) < 4.78 is 44.8. The molecule has 1 saturated heterocycles. The van der Waals surface area contributed by atoms with E-state index >= 15 is 0 Å². The molecular weight excluding hydrogens is 309 g/mol. The maximum Gasteiger partial charge on any atom is 0.237 e. The summed E-state index contributed by atoms with van der Waals surface area (Å²) >= 11 is 0. The summed E-state index contributed by atoms with van der Waals surface area (Å²) in [7, 11) is 1.66. The molecule has 0 radical (unpaired) electrons. The van der Waals surface area contributed by atoms with Crippen molar-refractivity contribution in [2.75, 3.05) is 20.2 Å². The van der Waals surface area contributed by atoms with Gasteiger partial charge in [0.2, 0.25) is 5.91 Å². The highest BCUT2D eigenvalue weighted by Gasteiger charge is 2.22. The van der Waals surface area contributed by atoms with Crippen LogP contribution in [0.25, 0.3) is 0 Å². The lowest BCUT2D eigenvalue weighted by atomic mass is 10.1. The Bertz CT molecular complexity index is 539. The van der Waals surface area contributed by atoms with Crippen LogP contribution < -0.4 is 5.32 Å². The van der Waals surface area contributed by atoms with Gasteiger partial charge >= 0.3 is 0 Å². The van der Waals surface area contributed by atoms with Gasteiger partial charge in [-0.2, -0.15) is 0 Å². The van der Waals surface area contributed by atoms with Crippen molar-refractivity contribution < 1.29 is 22.7 Å². The zero-order chi connectivity index (χ0) is 17.0. The number of nitrogens with one attached hydrogen (secondary N) is 1. The Labute approximate surface area is 133 Å². The van der Waals surface area contributed by atoms with Gasteiger partial charge < -0.3 is 10.1 Å². The fourth-order valence-corrected chi connectivity index (χ4v) is 2.49. The van der Waals surface area contributed by atoms with Gasteiger partial charge in [0, 0.05) is 19.7 Å². The van der Waals surface area contributed by atoms with E-state index in [2.05, 4.69) is 5.32 Å². The van der Waals surface area contributed by atoms with Crippen LogP contribution >= 0.6 is 0 Å². The largest absolute Gasteiger partial charge is 0.376 e. The summed E-state index contributed by atoms with van der Waals surface area (Å²) in [5.74, 6) is -4.14. The van der Waals surface area contributed by atoms with Crippen molar-refractivity contribution >= 4 is 5.91 Å². The Morgan fingerprint density at radius 1 is 1.39 bits per heavy atom. The van der Waals surface area contributed by atoms with Gasteiger partial charge in [-0.25, -0.2) is 13.2 Å². The van der Waals surface area contributed by atoms with Crippen LogP contribution in [0.3, 0.4) is 0 Å². The summed E-state index contributed by atoms with van der Waals surface area (Å²) in [5.41, 5.74) is 0.266. The standard InChI is InChI=1S/C16H21F3N2O2/c1-10(16(22)20-8-12-4-3-5-23-12)21(2)9-11-6-13(17)15(19)14(18)7-11/h6-7,10,12H,3-5,8-9H2,1-2H3,(H,20,22)/t10-,12-/m0/s1. The Kier molecular flexibility index (Phi) is 6.01. The van der Waals surface area contributed by atoms with E-state index in [9.17, 15) is 18.0 Å². The van der Waals surface area contributed by atoms with E-state index in [1.54, 1.807) is 18.9 Å². The molecule has 128 valence electrons. The quantitative estimate of drug-likeness (QED) is 0.813. The fraction of sp³-hybridized carbons (Fsp3) is 0.562. The maximum atomic E-state index is 13.2. The third-order valence-electron chi connectivity index (χ3n) is 4.04. The van der Waals surface area contributed by atoms with Gasteiger partial charge in [0.15, 0.2) is 17.5 Å². The molecule has 1 aliphatic heterocycles. The maximum absolute atomic E-state index is 13.2. The zero-order valence-electron chi connectivity index (χ0n) is 13.2. The average molecular weight is 330 g/mol. The molecule has 0 aliphatic carbocycles. The second kappa shape index (κ2) is 7.79. The lowest BCUT2D eigenvalue weighted by Gasteiger charge is -2.24. The number of halogens is 3. The lowest BCUT2D eigenvalue weighted by molar-refractivity contribution is -0.126. The van der Waals surface area contributed by atoms with Crippen LogP contribution in [-0.4, -0.2) is 43.2 Å². The van der Waals surface area contributed by atoms with Crippen LogP contribution in [0, 0.1) is 17.5 Å². The Morgan fingerprint density at radius 3 is 2.61 bits per heavy atom. The van der Waals surface area contributed by atoms with Crippen molar-refractivity contribution in [3.63, 3.8) is 0 Å². The van der Waals surface area contributed by atoms with Crippen molar-refractivity contribution in [3.8, 4) is 0 Å². The van der Waals surface area contributed by atoms with E-state index in [0.29, 0.717) is 6.54 Å². The minimum atomic E-state index is -1.49. The third-order valence-corrected chi connectivity index (χ3v) is 4.04.